The van der Waals surface area contributed by atoms with Gasteiger partial charge in [-0.2, -0.15) is 0 Å². The van der Waals surface area contributed by atoms with Crippen LogP contribution in [0.15, 0.2) is 48.5 Å². The molecule has 2 aliphatic rings. The second-order valence-electron chi connectivity index (χ2n) is 8.09. The van der Waals surface area contributed by atoms with Crippen molar-refractivity contribution in [2.24, 2.45) is 17.8 Å². The first-order valence-corrected chi connectivity index (χ1v) is 10.7. The van der Waals surface area contributed by atoms with Crippen LogP contribution in [0.2, 0.25) is 0 Å². The number of Topliss-reactive ketones (excluding diaryl/α,β-unsaturated/α-hetero) is 2. The molecule has 0 N–H and O–H groups in total. The monoisotopic (exact) mass is 424 g/mol. The minimum Gasteiger partial charge on any atom is -0.493 e. The predicted octanol–water partition coefficient (Wildman–Crippen LogP) is 4.35. The molecule has 0 spiro atoms. The molecule has 162 valence electrons. The molecule has 0 amide bonds. The maximum absolute atomic E-state index is 13.7. The highest BCUT2D eigenvalue weighted by Gasteiger charge is 2.48. The topological polar surface area (TPSA) is 69.7 Å². The van der Waals surface area contributed by atoms with Crippen LogP contribution >= 0.6 is 0 Å². The average molecular weight is 424 g/mol. The van der Waals surface area contributed by atoms with Crippen LogP contribution in [0.4, 0.5) is 4.39 Å². The molecule has 1 aliphatic heterocycles. The van der Waals surface area contributed by atoms with E-state index in [0.717, 1.165) is 12.8 Å². The summed E-state index contributed by atoms with van der Waals surface area (Å²) in [5.41, 5.74) is 1.00. The summed E-state index contributed by atoms with van der Waals surface area (Å²) in [6, 6.07) is 12.7. The van der Waals surface area contributed by atoms with Crippen molar-refractivity contribution >= 4 is 17.5 Å². The number of halogens is 1. The van der Waals surface area contributed by atoms with Crippen LogP contribution in [-0.2, 0) is 14.3 Å². The Morgan fingerprint density at radius 1 is 1.10 bits per heavy atom. The molecule has 4 rings (SSSR count). The third kappa shape index (κ3) is 4.38. The van der Waals surface area contributed by atoms with Gasteiger partial charge in [-0.25, -0.2) is 4.39 Å². The fraction of sp³-hybridized carbons (Fsp3) is 0.400. The SMILES string of the molecule is CCOC(=O)C(C(=O)C1CC1)C(c1ccc(F)cc1)C1CCOc2ccccc2C1=O. The number of ether oxygens (including phenoxy) is 2. The zero-order chi connectivity index (χ0) is 22.0. The lowest BCUT2D eigenvalue weighted by Crippen LogP contribution is -2.39. The molecule has 1 aliphatic carbocycles. The summed E-state index contributed by atoms with van der Waals surface area (Å²) in [4.78, 5) is 39.9. The molecule has 1 heterocycles. The molecule has 3 atom stereocenters. The van der Waals surface area contributed by atoms with Crippen molar-refractivity contribution in [2.75, 3.05) is 13.2 Å². The number of ketones is 2. The van der Waals surface area contributed by atoms with Crippen LogP contribution in [0, 0.1) is 23.6 Å². The number of benzene rings is 2. The smallest absolute Gasteiger partial charge is 0.317 e. The minimum atomic E-state index is -1.11. The fourth-order valence-corrected chi connectivity index (χ4v) is 4.40. The van der Waals surface area contributed by atoms with Gasteiger partial charge in [0.05, 0.1) is 18.8 Å². The lowest BCUT2D eigenvalue weighted by molar-refractivity contribution is -0.153. The molecule has 0 aromatic heterocycles. The summed E-state index contributed by atoms with van der Waals surface area (Å²) in [6.07, 6.45) is 1.80. The van der Waals surface area contributed by atoms with E-state index in [4.69, 9.17) is 9.47 Å². The Hall–Kier alpha value is -3.02. The average Bonchev–Trinajstić information content (AvgIpc) is 3.62. The third-order valence-electron chi connectivity index (χ3n) is 6.05. The Labute approximate surface area is 180 Å². The number of esters is 1. The van der Waals surface area contributed by atoms with Crippen molar-refractivity contribution < 1.29 is 28.2 Å². The van der Waals surface area contributed by atoms with Gasteiger partial charge in [0.15, 0.2) is 11.6 Å². The van der Waals surface area contributed by atoms with E-state index < -0.39 is 29.5 Å². The standard InChI is InChI=1S/C25H25FO5/c1-2-30-25(29)22(23(27)16-7-8-16)21(15-9-11-17(26)12-10-15)19-13-14-31-20-6-4-3-5-18(20)24(19)28/h3-6,9-12,16,19,21-22H,2,7-8,13-14H2,1H3. The van der Waals surface area contributed by atoms with Crippen molar-refractivity contribution in [3.05, 3.63) is 65.5 Å². The molecule has 0 radical (unpaired) electrons. The molecule has 1 fully saturated rings. The van der Waals surface area contributed by atoms with E-state index in [2.05, 4.69) is 0 Å². The van der Waals surface area contributed by atoms with Crippen LogP contribution in [0.3, 0.4) is 0 Å². The molecule has 6 heteroatoms. The number of hydrogen-bond acceptors (Lipinski definition) is 5. The Morgan fingerprint density at radius 3 is 2.48 bits per heavy atom. The summed E-state index contributed by atoms with van der Waals surface area (Å²) in [5, 5.41) is 0. The third-order valence-corrected chi connectivity index (χ3v) is 6.05. The molecule has 5 nitrogen and oxygen atoms in total. The zero-order valence-electron chi connectivity index (χ0n) is 17.4. The Balaban J connectivity index is 1.81. The van der Waals surface area contributed by atoms with Crippen LogP contribution in [-0.4, -0.2) is 30.7 Å². The summed E-state index contributed by atoms with van der Waals surface area (Å²) < 4.78 is 24.7. The number of carbonyl (C=O) groups excluding carboxylic acids is 3. The Morgan fingerprint density at radius 2 is 1.81 bits per heavy atom. The Kier molecular flexibility index (Phi) is 6.16. The molecule has 1 saturated carbocycles. The molecular weight excluding hydrogens is 399 g/mol. The van der Waals surface area contributed by atoms with Gasteiger partial charge in [-0.3, -0.25) is 14.4 Å². The van der Waals surface area contributed by atoms with E-state index >= 15 is 0 Å². The highest BCUT2D eigenvalue weighted by atomic mass is 19.1. The molecular formula is C25H25FO5. The first kappa shape index (κ1) is 21.2. The molecule has 2 aromatic carbocycles. The molecule has 3 unspecified atom stereocenters. The van der Waals surface area contributed by atoms with E-state index in [-0.39, 0.29) is 30.7 Å². The van der Waals surface area contributed by atoms with Gasteiger partial charge in [0.2, 0.25) is 0 Å². The van der Waals surface area contributed by atoms with Crippen LogP contribution in [0.25, 0.3) is 0 Å². The van der Waals surface area contributed by atoms with Crippen molar-refractivity contribution in [1.29, 1.82) is 0 Å². The number of fused-ring (bicyclic) bond motifs is 1. The van der Waals surface area contributed by atoms with Gasteiger partial charge in [0.25, 0.3) is 0 Å². The quantitative estimate of drug-likeness (QED) is 0.488. The van der Waals surface area contributed by atoms with Gasteiger partial charge in [0, 0.05) is 17.8 Å². The predicted molar refractivity (Wildman–Crippen MR) is 111 cm³/mol. The highest BCUT2D eigenvalue weighted by molar-refractivity contribution is 6.05. The van der Waals surface area contributed by atoms with Crippen LogP contribution in [0.1, 0.15) is 48.0 Å². The van der Waals surface area contributed by atoms with Crippen molar-refractivity contribution in [3.8, 4) is 5.75 Å². The zero-order valence-corrected chi connectivity index (χ0v) is 17.4. The number of hydrogen-bond donors (Lipinski definition) is 0. The first-order chi connectivity index (χ1) is 15.0. The lowest BCUT2D eigenvalue weighted by Gasteiger charge is -2.31. The van der Waals surface area contributed by atoms with Gasteiger partial charge >= 0.3 is 5.97 Å². The molecule has 31 heavy (non-hydrogen) atoms. The number of carbonyl (C=O) groups is 3. The van der Waals surface area contributed by atoms with Crippen LogP contribution < -0.4 is 4.74 Å². The molecule has 0 saturated heterocycles. The maximum atomic E-state index is 13.7. The summed E-state index contributed by atoms with van der Waals surface area (Å²) in [7, 11) is 0. The summed E-state index contributed by atoms with van der Waals surface area (Å²) >= 11 is 0. The van der Waals surface area contributed by atoms with Gasteiger partial charge in [-0.15, -0.1) is 0 Å². The second-order valence-corrected chi connectivity index (χ2v) is 8.09. The van der Waals surface area contributed by atoms with E-state index in [0.29, 0.717) is 23.3 Å². The van der Waals surface area contributed by atoms with Gasteiger partial charge in [-0.05, 0) is 56.0 Å². The van der Waals surface area contributed by atoms with Crippen molar-refractivity contribution in [2.45, 2.75) is 32.1 Å². The minimum absolute atomic E-state index is 0.133. The number of para-hydroxylation sites is 1. The van der Waals surface area contributed by atoms with E-state index in [1.807, 2.05) is 0 Å². The molecule has 0 bridgehead atoms. The Bertz CT molecular complexity index is 980. The van der Waals surface area contributed by atoms with Crippen LogP contribution in [0.5, 0.6) is 5.75 Å². The second kappa shape index (κ2) is 9.00. The van der Waals surface area contributed by atoms with Crippen molar-refractivity contribution in [1.82, 2.24) is 0 Å². The number of rotatable bonds is 7. The van der Waals surface area contributed by atoms with Crippen molar-refractivity contribution in [3.63, 3.8) is 0 Å². The lowest BCUT2D eigenvalue weighted by atomic mass is 9.70. The van der Waals surface area contributed by atoms with E-state index in [1.165, 1.54) is 12.1 Å². The molecule has 2 aromatic rings. The maximum Gasteiger partial charge on any atom is 0.317 e. The normalized spacial score (nSPS) is 20.1. The van der Waals surface area contributed by atoms with E-state index in [9.17, 15) is 18.8 Å². The largest absolute Gasteiger partial charge is 0.493 e. The van der Waals surface area contributed by atoms with Gasteiger partial charge in [-0.1, -0.05) is 24.3 Å². The fourth-order valence-electron chi connectivity index (χ4n) is 4.40. The highest BCUT2D eigenvalue weighted by Crippen LogP contribution is 2.44. The van der Waals surface area contributed by atoms with Gasteiger partial charge in [0.1, 0.15) is 17.5 Å². The summed E-state index contributed by atoms with van der Waals surface area (Å²) in [6.45, 7) is 2.09. The summed E-state index contributed by atoms with van der Waals surface area (Å²) in [5.74, 6) is -3.67. The first-order valence-electron chi connectivity index (χ1n) is 10.7. The van der Waals surface area contributed by atoms with Gasteiger partial charge < -0.3 is 9.47 Å². The van der Waals surface area contributed by atoms with E-state index in [1.54, 1.807) is 43.3 Å².